The standard InChI is InChI=1S/C18H37NO3/c1-2-3-4-5-6-7-8-9-10-11-12-16(21)13-14-18(22)17(19)15-20/h13-14,16-18,20-22H,2-12,15,19H2,1H3/b14-13-/t16?,17-,18+/m0/s1. The van der Waals surface area contributed by atoms with Gasteiger partial charge < -0.3 is 21.1 Å². The van der Waals surface area contributed by atoms with Crippen LogP contribution < -0.4 is 5.73 Å². The van der Waals surface area contributed by atoms with E-state index in [1.165, 1.54) is 57.4 Å². The van der Waals surface area contributed by atoms with Crippen molar-refractivity contribution in [2.45, 2.75) is 95.8 Å². The van der Waals surface area contributed by atoms with Crippen LogP contribution in [0.3, 0.4) is 0 Å². The summed E-state index contributed by atoms with van der Waals surface area (Å²) in [5, 5.41) is 28.1. The Labute approximate surface area is 136 Å². The van der Waals surface area contributed by atoms with Gasteiger partial charge in [-0.25, -0.2) is 0 Å². The third kappa shape index (κ3) is 13.3. The minimum Gasteiger partial charge on any atom is -0.395 e. The summed E-state index contributed by atoms with van der Waals surface area (Å²) in [4.78, 5) is 0. The van der Waals surface area contributed by atoms with Gasteiger partial charge in [-0.05, 0) is 6.42 Å². The van der Waals surface area contributed by atoms with Gasteiger partial charge in [-0.15, -0.1) is 0 Å². The molecule has 0 spiro atoms. The number of nitrogens with two attached hydrogens (primary N) is 1. The van der Waals surface area contributed by atoms with Crippen molar-refractivity contribution in [3.63, 3.8) is 0 Å². The molecule has 0 saturated carbocycles. The first kappa shape index (κ1) is 21.6. The van der Waals surface area contributed by atoms with E-state index in [9.17, 15) is 10.2 Å². The van der Waals surface area contributed by atoms with Crippen LogP contribution in [0.1, 0.15) is 77.6 Å². The minimum absolute atomic E-state index is 0.264. The zero-order valence-corrected chi connectivity index (χ0v) is 14.3. The fraction of sp³-hybridized carbons (Fsp3) is 0.889. The molecule has 0 aromatic carbocycles. The van der Waals surface area contributed by atoms with E-state index in [0.717, 1.165) is 12.8 Å². The van der Waals surface area contributed by atoms with Crippen molar-refractivity contribution in [1.82, 2.24) is 0 Å². The molecule has 0 aliphatic rings. The van der Waals surface area contributed by atoms with Crippen LogP contribution in [-0.2, 0) is 0 Å². The van der Waals surface area contributed by atoms with Crippen LogP contribution >= 0.6 is 0 Å². The summed E-state index contributed by atoms with van der Waals surface area (Å²) in [6.07, 6.45) is 15.1. The highest BCUT2D eigenvalue weighted by Gasteiger charge is 2.10. The van der Waals surface area contributed by atoms with Gasteiger partial charge in [0.1, 0.15) is 0 Å². The average Bonchev–Trinajstić information content (AvgIpc) is 2.53. The number of aliphatic hydroxyl groups excluding tert-OH is 3. The van der Waals surface area contributed by atoms with Gasteiger partial charge in [0.2, 0.25) is 0 Å². The van der Waals surface area contributed by atoms with E-state index in [-0.39, 0.29) is 6.61 Å². The minimum atomic E-state index is -0.896. The van der Waals surface area contributed by atoms with Crippen molar-refractivity contribution in [3.05, 3.63) is 12.2 Å². The first-order chi connectivity index (χ1) is 10.6. The molecule has 5 N–H and O–H groups in total. The third-order valence-electron chi connectivity index (χ3n) is 4.03. The highest BCUT2D eigenvalue weighted by Crippen LogP contribution is 2.12. The van der Waals surface area contributed by atoms with E-state index in [0.29, 0.717) is 6.42 Å². The molecule has 4 nitrogen and oxygen atoms in total. The number of hydrogen-bond donors (Lipinski definition) is 4. The van der Waals surface area contributed by atoms with Gasteiger partial charge >= 0.3 is 0 Å². The van der Waals surface area contributed by atoms with Crippen molar-refractivity contribution in [1.29, 1.82) is 0 Å². The van der Waals surface area contributed by atoms with E-state index in [1.807, 2.05) is 0 Å². The summed E-state index contributed by atoms with van der Waals surface area (Å²) in [5.74, 6) is 0. The van der Waals surface area contributed by atoms with Gasteiger partial charge in [-0.2, -0.15) is 0 Å². The summed E-state index contributed by atoms with van der Waals surface area (Å²) in [6.45, 7) is 1.98. The first-order valence-corrected chi connectivity index (χ1v) is 9.02. The van der Waals surface area contributed by atoms with Crippen LogP contribution in [0.4, 0.5) is 0 Å². The summed E-state index contributed by atoms with van der Waals surface area (Å²) in [5.41, 5.74) is 5.48. The second-order valence-electron chi connectivity index (χ2n) is 6.26. The Balaban J connectivity index is 3.42. The van der Waals surface area contributed by atoms with Gasteiger partial charge in [0.25, 0.3) is 0 Å². The quantitative estimate of drug-likeness (QED) is 0.276. The monoisotopic (exact) mass is 315 g/mol. The molecule has 3 atom stereocenters. The predicted octanol–water partition coefficient (Wildman–Crippen LogP) is 2.90. The highest BCUT2D eigenvalue weighted by atomic mass is 16.3. The largest absolute Gasteiger partial charge is 0.395 e. The van der Waals surface area contributed by atoms with Crippen molar-refractivity contribution >= 4 is 0 Å². The molecule has 1 unspecified atom stereocenters. The molecule has 0 fully saturated rings. The molecule has 4 heteroatoms. The molecule has 0 saturated heterocycles. The molecule has 0 aromatic rings. The number of rotatable bonds is 15. The highest BCUT2D eigenvalue weighted by molar-refractivity contribution is 4.97. The molecule has 0 aromatic heterocycles. The second kappa shape index (κ2) is 15.5. The van der Waals surface area contributed by atoms with E-state index in [1.54, 1.807) is 6.08 Å². The zero-order chi connectivity index (χ0) is 16.6. The fourth-order valence-electron chi connectivity index (χ4n) is 2.43. The maximum Gasteiger partial charge on any atom is 0.0895 e. The van der Waals surface area contributed by atoms with Crippen molar-refractivity contribution in [3.8, 4) is 0 Å². The SMILES string of the molecule is CCCCCCCCCCCCC(O)/C=C\[C@@H](O)[C@@H](N)CO. The fourth-order valence-corrected chi connectivity index (χ4v) is 2.43. The van der Waals surface area contributed by atoms with Gasteiger partial charge in [0, 0.05) is 0 Å². The van der Waals surface area contributed by atoms with E-state index >= 15 is 0 Å². The van der Waals surface area contributed by atoms with E-state index in [2.05, 4.69) is 6.92 Å². The molecule has 0 aliphatic carbocycles. The zero-order valence-electron chi connectivity index (χ0n) is 14.3. The summed E-state index contributed by atoms with van der Waals surface area (Å²) < 4.78 is 0. The lowest BCUT2D eigenvalue weighted by Crippen LogP contribution is -2.36. The number of hydrogen-bond acceptors (Lipinski definition) is 4. The molecule has 22 heavy (non-hydrogen) atoms. The predicted molar refractivity (Wildman–Crippen MR) is 92.7 cm³/mol. The lowest BCUT2D eigenvalue weighted by Gasteiger charge is -2.13. The average molecular weight is 315 g/mol. The Kier molecular flexibility index (Phi) is 15.2. The smallest absolute Gasteiger partial charge is 0.0895 e. The molecule has 132 valence electrons. The Hall–Kier alpha value is -0.420. The van der Waals surface area contributed by atoms with Crippen LogP contribution in [0.15, 0.2) is 12.2 Å². The van der Waals surface area contributed by atoms with Crippen molar-refractivity contribution < 1.29 is 15.3 Å². The Morgan fingerprint density at radius 2 is 1.32 bits per heavy atom. The molecule has 0 aliphatic heterocycles. The maximum atomic E-state index is 9.77. The van der Waals surface area contributed by atoms with Crippen LogP contribution in [-0.4, -0.2) is 40.2 Å². The van der Waals surface area contributed by atoms with Gasteiger partial charge in [0.15, 0.2) is 0 Å². The topological polar surface area (TPSA) is 86.7 Å². The summed E-state index contributed by atoms with van der Waals surface area (Å²) >= 11 is 0. The van der Waals surface area contributed by atoms with Crippen molar-refractivity contribution in [2.75, 3.05) is 6.61 Å². The summed E-state index contributed by atoms with van der Waals surface area (Å²) in [6, 6.07) is -0.680. The Morgan fingerprint density at radius 3 is 1.82 bits per heavy atom. The Morgan fingerprint density at radius 1 is 0.818 bits per heavy atom. The van der Waals surface area contributed by atoms with Crippen LogP contribution in [0, 0.1) is 0 Å². The third-order valence-corrected chi connectivity index (χ3v) is 4.03. The van der Waals surface area contributed by atoms with Crippen molar-refractivity contribution in [2.24, 2.45) is 5.73 Å². The van der Waals surface area contributed by atoms with Crippen LogP contribution in [0.2, 0.25) is 0 Å². The van der Waals surface area contributed by atoms with E-state index < -0.39 is 18.2 Å². The summed E-state index contributed by atoms with van der Waals surface area (Å²) in [7, 11) is 0. The maximum absolute atomic E-state index is 9.77. The molecular weight excluding hydrogens is 278 g/mol. The molecular formula is C18H37NO3. The van der Waals surface area contributed by atoms with Gasteiger partial charge in [-0.1, -0.05) is 83.3 Å². The molecule has 0 radical (unpaired) electrons. The molecule has 0 heterocycles. The lowest BCUT2D eigenvalue weighted by molar-refractivity contribution is 0.141. The molecule has 0 amide bonds. The van der Waals surface area contributed by atoms with Crippen LogP contribution in [0.25, 0.3) is 0 Å². The van der Waals surface area contributed by atoms with Gasteiger partial charge in [0.05, 0.1) is 24.9 Å². The normalized spacial score (nSPS) is 16.0. The second-order valence-corrected chi connectivity index (χ2v) is 6.26. The number of unbranched alkanes of at least 4 members (excludes halogenated alkanes) is 9. The number of aliphatic hydroxyl groups is 3. The van der Waals surface area contributed by atoms with Crippen LogP contribution in [0.5, 0.6) is 0 Å². The molecule has 0 rings (SSSR count). The lowest BCUT2D eigenvalue weighted by atomic mass is 10.0. The van der Waals surface area contributed by atoms with Gasteiger partial charge in [-0.3, -0.25) is 0 Å². The molecule has 0 bridgehead atoms. The first-order valence-electron chi connectivity index (χ1n) is 9.02. The Bertz CT molecular complexity index is 259. The van der Waals surface area contributed by atoms with E-state index in [4.69, 9.17) is 10.8 Å².